The standard InChI is InChI=1S/C8H13F2NS/c9-8(10)4-7(8,5-11)6-1-2-12-3-6/h6H,1-5,11H2. The van der Waals surface area contributed by atoms with Crippen molar-refractivity contribution >= 4 is 11.8 Å². The first-order valence-electron chi connectivity index (χ1n) is 4.28. The van der Waals surface area contributed by atoms with Gasteiger partial charge in [-0.05, 0) is 23.8 Å². The van der Waals surface area contributed by atoms with E-state index >= 15 is 0 Å². The SMILES string of the molecule is NCC1(C2CCSC2)CC1(F)F. The Balaban J connectivity index is 2.09. The van der Waals surface area contributed by atoms with Crippen LogP contribution in [0.1, 0.15) is 12.8 Å². The highest BCUT2D eigenvalue weighted by molar-refractivity contribution is 7.99. The van der Waals surface area contributed by atoms with Crippen molar-refractivity contribution < 1.29 is 8.78 Å². The number of halogens is 2. The lowest BCUT2D eigenvalue weighted by molar-refractivity contribution is 0.0466. The van der Waals surface area contributed by atoms with Gasteiger partial charge in [-0.3, -0.25) is 0 Å². The zero-order valence-corrected chi connectivity index (χ0v) is 7.67. The van der Waals surface area contributed by atoms with Crippen molar-refractivity contribution in [2.75, 3.05) is 18.1 Å². The summed E-state index contributed by atoms with van der Waals surface area (Å²) in [6, 6.07) is 0. The molecule has 12 heavy (non-hydrogen) atoms. The summed E-state index contributed by atoms with van der Waals surface area (Å²) in [5.74, 6) is -0.380. The van der Waals surface area contributed by atoms with Crippen LogP contribution in [0, 0.1) is 11.3 Å². The molecule has 0 aromatic heterocycles. The molecule has 2 rings (SSSR count). The molecule has 0 aromatic rings. The fourth-order valence-electron chi connectivity index (χ4n) is 2.15. The van der Waals surface area contributed by atoms with Crippen LogP contribution in [0.5, 0.6) is 0 Å². The van der Waals surface area contributed by atoms with Crippen molar-refractivity contribution in [3.05, 3.63) is 0 Å². The predicted molar refractivity (Wildman–Crippen MR) is 46.5 cm³/mol. The van der Waals surface area contributed by atoms with E-state index in [1.807, 2.05) is 0 Å². The average Bonchev–Trinajstić information content (AvgIpc) is 2.52. The van der Waals surface area contributed by atoms with Crippen LogP contribution in [0.3, 0.4) is 0 Å². The minimum atomic E-state index is -2.46. The minimum absolute atomic E-state index is 0.0295. The Labute approximate surface area is 75.1 Å². The lowest BCUT2D eigenvalue weighted by Gasteiger charge is -2.20. The Morgan fingerprint density at radius 3 is 2.50 bits per heavy atom. The zero-order valence-electron chi connectivity index (χ0n) is 6.85. The highest BCUT2D eigenvalue weighted by Crippen LogP contribution is 2.66. The first-order valence-corrected chi connectivity index (χ1v) is 5.43. The van der Waals surface area contributed by atoms with Crippen molar-refractivity contribution in [2.24, 2.45) is 17.1 Å². The predicted octanol–water partition coefficient (Wildman–Crippen LogP) is 1.72. The van der Waals surface area contributed by atoms with Gasteiger partial charge in [-0.15, -0.1) is 0 Å². The van der Waals surface area contributed by atoms with Crippen LogP contribution < -0.4 is 5.73 Å². The molecule has 0 radical (unpaired) electrons. The highest BCUT2D eigenvalue weighted by atomic mass is 32.2. The summed E-state index contributed by atoms with van der Waals surface area (Å²) in [4.78, 5) is 0. The molecule has 1 nitrogen and oxygen atoms in total. The molecular weight excluding hydrogens is 180 g/mol. The van der Waals surface area contributed by atoms with Crippen LogP contribution in [0.2, 0.25) is 0 Å². The van der Waals surface area contributed by atoms with Crippen molar-refractivity contribution in [3.63, 3.8) is 0 Å². The Hall–Kier alpha value is 0.170. The number of alkyl halides is 2. The maximum absolute atomic E-state index is 13.0. The Bertz CT molecular complexity index is 191. The molecule has 2 atom stereocenters. The number of rotatable bonds is 2. The Morgan fingerprint density at radius 2 is 2.17 bits per heavy atom. The van der Waals surface area contributed by atoms with Crippen LogP contribution in [0.25, 0.3) is 0 Å². The van der Waals surface area contributed by atoms with E-state index in [0.717, 1.165) is 17.9 Å². The van der Waals surface area contributed by atoms with E-state index in [2.05, 4.69) is 0 Å². The molecule has 1 aliphatic heterocycles. The minimum Gasteiger partial charge on any atom is -0.330 e. The third-order valence-corrected chi connectivity index (χ3v) is 4.38. The molecule has 0 spiro atoms. The molecule has 4 heteroatoms. The topological polar surface area (TPSA) is 26.0 Å². The van der Waals surface area contributed by atoms with Crippen molar-refractivity contribution in [1.29, 1.82) is 0 Å². The average molecular weight is 193 g/mol. The molecule has 1 heterocycles. The summed E-state index contributed by atoms with van der Waals surface area (Å²) >= 11 is 1.78. The second-order valence-corrected chi connectivity index (χ2v) is 4.95. The van der Waals surface area contributed by atoms with E-state index in [-0.39, 0.29) is 18.9 Å². The lowest BCUT2D eigenvalue weighted by Crippen LogP contribution is -2.30. The molecule has 1 saturated heterocycles. The maximum Gasteiger partial charge on any atom is 0.256 e. The van der Waals surface area contributed by atoms with Gasteiger partial charge in [-0.25, -0.2) is 8.78 Å². The van der Waals surface area contributed by atoms with Gasteiger partial charge in [0.05, 0.1) is 5.41 Å². The maximum atomic E-state index is 13.0. The third kappa shape index (κ3) is 1.01. The van der Waals surface area contributed by atoms with Crippen molar-refractivity contribution in [3.8, 4) is 0 Å². The number of hydrogen-bond donors (Lipinski definition) is 1. The summed E-state index contributed by atoms with van der Waals surface area (Å²) in [7, 11) is 0. The molecule has 2 unspecified atom stereocenters. The number of thioether (sulfide) groups is 1. The van der Waals surface area contributed by atoms with Crippen LogP contribution in [-0.4, -0.2) is 24.0 Å². The van der Waals surface area contributed by atoms with Crippen LogP contribution >= 0.6 is 11.8 Å². The quantitative estimate of drug-likeness (QED) is 0.722. The smallest absolute Gasteiger partial charge is 0.256 e. The van der Waals surface area contributed by atoms with Gasteiger partial charge in [0.15, 0.2) is 0 Å². The second-order valence-electron chi connectivity index (χ2n) is 3.80. The van der Waals surface area contributed by atoms with Crippen LogP contribution in [-0.2, 0) is 0 Å². The first kappa shape index (κ1) is 8.75. The van der Waals surface area contributed by atoms with Gasteiger partial charge in [-0.2, -0.15) is 11.8 Å². The van der Waals surface area contributed by atoms with E-state index in [1.165, 1.54) is 0 Å². The molecule has 2 N–H and O–H groups in total. The van der Waals surface area contributed by atoms with E-state index in [4.69, 9.17) is 5.73 Å². The van der Waals surface area contributed by atoms with Gasteiger partial charge >= 0.3 is 0 Å². The normalized spacial score (nSPS) is 44.8. The van der Waals surface area contributed by atoms with E-state index < -0.39 is 11.3 Å². The largest absolute Gasteiger partial charge is 0.330 e. The number of nitrogens with two attached hydrogens (primary N) is 1. The fraction of sp³-hybridized carbons (Fsp3) is 1.00. The summed E-state index contributed by atoms with van der Waals surface area (Å²) in [6.07, 6.45) is 0.958. The summed E-state index contributed by atoms with van der Waals surface area (Å²) in [5.41, 5.74) is 4.63. The molecule has 1 saturated carbocycles. The van der Waals surface area contributed by atoms with Crippen LogP contribution in [0.15, 0.2) is 0 Å². The number of hydrogen-bond acceptors (Lipinski definition) is 2. The first-order chi connectivity index (χ1) is 5.62. The van der Waals surface area contributed by atoms with Gasteiger partial charge in [0, 0.05) is 13.0 Å². The fourth-order valence-corrected chi connectivity index (χ4v) is 3.54. The third-order valence-electron chi connectivity index (χ3n) is 3.22. The zero-order chi connectivity index (χ0) is 8.82. The molecule has 0 bridgehead atoms. The summed E-state index contributed by atoms with van der Waals surface area (Å²) in [5, 5.41) is 0. The van der Waals surface area contributed by atoms with Crippen LogP contribution in [0.4, 0.5) is 8.78 Å². The van der Waals surface area contributed by atoms with Gasteiger partial charge in [0.2, 0.25) is 0 Å². The molecule has 2 aliphatic rings. The molecule has 2 fully saturated rings. The molecule has 1 aliphatic carbocycles. The molecular formula is C8H13F2NS. The summed E-state index contributed by atoms with van der Waals surface area (Å²) in [6.45, 7) is 0.158. The Morgan fingerprint density at radius 1 is 1.50 bits per heavy atom. The Kier molecular flexibility index (Phi) is 1.88. The van der Waals surface area contributed by atoms with E-state index in [1.54, 1.807) is 11.8 Å². The van der Waals surface area contributed by atoms with Crippen molar-refractivity contribution in [2.45, 2.75) is 18.8 Å². The van der Waals surface area contributed by atoms with Gasteiger partial charge in [-0.1, -0.05) is 0 Å². The van der Waals surface area contributed by atoms with Gasteiger partial charge in [0.1, 0.15) is 0 Å². The molecule has 70 valence electrons. The second kappa shape index (κ2) is 2.58. The molecule has 0 aromatic carbocycles. The monoisotopic (exact) mass is 193 g/mol. The van der Waals surface area contributed by atoms with Crippen molar-refractivity contribution in [1.82, 2.24) is 0 Å². The van der Waals surface area contributed by atoms with Gasteiger partial charge < -0.3 is 5.73 Å². The summed E-state index contributed by atoms with van der Waals surface area (Å²) < 4.78 is 26.0. The van der Waals surface area contributed by atoms with E-state index in [9.17, 15) is 8.78 Å². The van der Waals surface area contributed by atoms with E-state index in [0.29, 0.717) is 0 Å². The van der Waals surface area contributed by atoms with Gasteiger partial charge in [0.25, 0.3) is 5.92 Å². The highest BCUT2D eigenvalue weighted by Gasteiger charge is 2.73. The molecule has 0 amide bonds. The lowest BCUT2D eigenvalue weighted by atomic mass is 9.88.